The monoisotopic (exact) mass is 347 g/mol. The van der Waals surface area contributed by atoms with Gasteiger partial charge in [0.1, 0.15) is 0 Å². The van der Waals surface area contributed by atoms with Crippen molar-refractivity contribution in [1.82, 2.24) is 4.90 Å². The summed E-state index contributed by atoms with van der Waals surface area (Å²) in [5, 5.41) is 2.10. The van der Waals surface area contributed by atoms with Gasteiger partial charge in [-0.05, 0) is 41.0 Å². The van der Waals surface area contributed by atoms with Crippen LogP contribution in [0.5, 0.6) is 0 Å². The van der Waals surface area contributed by atoms with E-state index in [1.54, 1.807) is 11.3 Å². The van der Waals surface area contributed by atoms with Gasteiger partial charge in [0.15, 0.2) is 0 Å². The molecular weight excluding hydrogens is 326 g/mol. The molecule has 0 radical (unpaired) electrons. The molecule has 4 rings (SSSR count). The molecule has 1 saturated heterocycles. The molecule has 1 aliphatic heterocycles. The highest BCUT2D eigenvalue weighted by Gasteiger charge is 2.30. The van der Waals surface area contributed by atoms with Crippen molar-refractivity contribution in [3.63, 3.8) is 0 Å². The van der Waals surface area contributed by atoms with E-state index < -0.39 is 0 Å². The SMILES string of the molecule is O=C(Cc1ccc(-c2ccccc2)cc1)N1CCCC1c1cccs1. The number of hydrogen-bond acceptors (Lipinski definition) is 2. The minimum absolute atomic E-state index is 0.239. The third-order valence-electron chi connectivity index (χ3n) is 4.86. The number of carbonyl (C=O) groups is 1. The van der Waals surface area contributed by atoms with E-state index in [-0.39, 0.29) is 11.9 Å². The van der Waals surface area contributed by atoms with Crippen molar-refractivity contribution in [2.75, 3.05) is 6.54 Å². The van der Waals surface area contributed by atoms with Gasteiger partial charge in [-0.25, -0.2) is 0 Å². The molecule has 2 aromatic carbocycles. The number of nitrogens with zero attached hydrogens (tertiary/aromatic N) is 1. The quantitative estimate of drug-likeness (QED) is 0.625. The topological polar surface area (TPSA) is 20.3 Å². The fourth-order valence-electron chi connectivity index (χ4n) is 3.56. The predicted molar refractivity (Wildman–Crippen MR) is 104 cm³/mol. The van der Waals surface area contributed by atoms with Crippen LogP contribution < -0.4 is 0 Å². The van der Waals surface area contributed by atoms with E-state index in [0.29, 0.717) is 6.42 Å². The van der Waals surface area contributed by atoms with E-state index in [4.69, 9.17) is 0 Å². The average Bonchev–Trinajstić information content (AvgIpc) is 3.34. The highest BCUT2D eigenvalue weighted by molar-refractivity contribution is 7.10. The van der Waals surface area contributed by atoms with Crippen molar-refractivity contribution >= 4 is 17.2 Å². The number of benzene rings is 2. The standard InChI is InChI=1S/C22H21NOS/c24-22(23-14-4-8-20(23)21-9-5-15-25-21)16-17-10-12-19(13-11-17)18-6-2-1-3-7-18/h1-3,5-7,9-13,15,20H,4,8,14,16H2. The molecule has 1 amide bonds. The van der Waals surface area contributed by atoms with Crippen molar-refractivity contribution in [3.8, 4) is 11.1 Å². The Morgan fingerprint density at radius 3 is 2.44 bits per heavy atom. The smallest absolute Gasteiger partial charge is 0.227 e. The molecule has 0 spiro atoms. The summed E-state index contributed by atoms with van der Waals surface area (Å²) >= 11 is 1.75. The van der Waals surface area contributed by atoms with Crippen LogP contribution in [-0.2, 0) is 11.2 Å². The Bertz CT molecular complexity index is 824. The number of likely N-dealkylation sites (tertiary alicyclic amines) is 1. The number of carbonyl (C=O) groups excluding carboxylic acids is 1. The largest absolute Gasteiger partial charge is 0.335 e. The number of thiophene rings is 1. The van der Waals surface area contributed by atoms with Crippen LogP contribution >= 0.6 is 11.3 Å². The van der Waals surface area contributed by atoms with Crippen LogP contribution in [0, 0.1) is 0 Å². The summed E-state index contributed by atoms with van der Waals surface area (Å²) in [6.45, 7) is 0.878. The van der Waals surface area contributed by atoms with Crippen LogP contribution in [0.1, 0.15) is 29.3 Å². The maximum atomic E-state index is 12.8. The van der Waals surface area contributed by atoms with Crippen LogP contribution in [0.4, 0.5) is 0 Å². The number of hydrogen-bond donors (Lipinski definition) is 0. The molecule has 1 atom stereocenters. The number of amides is 1. The molecule has 0 saturated carbocycles. The second-order valence-corrected chi connectivity index (χ2v) is 7.48. The van der Waals surface area contributed by atoms with E-state index in [0.717, 1.165) is 24.9 Å². The first-order valence-electron chi connectivity index (χ1n) is 8.78. The predicted octanol–water partition coefficient (Wildman–Crippen LogP) is 5.32. The summed E-state index contributed by atoms with van der Waals surface area (Å²) in [5.74, 6) is 0.239. The van der Waals surface area contributed by atoms with Gasteiger partial charge >= 0.3 is 0 Å². The Hall–Kier alpha value is -2.39. The van der Waals surface area contributed by atoms with Crippen LogP contribution in [0.25, 0.3) is 11.1 Å². The zero-order valence-corrected chi connectivity index (χ0v) is 14.9. The first kappa shape index (κ1) is 16.1. The van der Waals surface area contributed by atoms with Gasteiger partial charge in [0.25, 0.3) is 0 Å². The van der Waals surface area contributed by atoms with E-state index in [9.17, 15) is 4.79 Å². The maximum Gasteiger partial charge on any atom is 0.227 e. The third-order valence-corrected chi connectivity index (χ3v) is 5.83. The molecule has 25 heavy (non-hydrogen) atoms. The summed E-state index contributed by atoms with van der Waals surface area (Å²) in [4.78, 5) is 16.2. The molecule has 1 fully saturated rings. The molecule has 2 heterocycles. The van der Waals surface area contributed by atoms with Crippen LogP contribution in [-0.4, -0.2) is 17.4 Å². The van der Waals surface area contributed by atoms with Crippen molar-refractivity contribution in [3.05, 3.63) is 82.6 Å². The lowest BCUT2D eigenvalue weighted by Gasteiger charge is -2.24. The molecule has 2 nitrogen and oxygen atoms in total. The fourth-order valence-corrected chi connectivity index (χ4v) is 4.44. The first-order chi connectivity index (χ1) is 12.3. The Balaban J connectivity index is 1.46. The van der Waals surface area contributed by atoms with Gasteiger partial charge in [0, 0.05) is 11.4 Å². The lowest BCUT2D eigenvalue weighted by Crippen LogP contribution is -2.31. The molecular formula is C22H21NOS. The average molecular weight is 347 g/mol. The van der Waals surface area contributed by atoms with Gasteiger partial charge in [-0.1, -0.05) is 60.7 Å². The summed E-state index contributed by atoms with van der Waals surface area (Å²) in [7, 11) is 0. The lowest BCUT2D eigenvalue weighted by molar-refractivity contribution is -0.131. The van der Waals surface area contributed by atoms with E-state index >= 15 is 0 Å². The van der Waals surface area contributed by atoms with E-state index in [1.807, 2.05) is 18.2 Å². The van der Waals surface area contributed by atoms with Crippen LogP contribution in [0.3, 0.4) is 0 Å². The summed E-state index contributed by atoms with van der Waals surface area (Å²) in [6, 6.07) is 23.2. The van der Waals surface area contributed by atoms with Gasteiger partial charge in [-0.3, -0.25) is 4.79 Å². The van der Waals surface area contributed by atoms with Gasteiger partial charge in [-0.2, -0.15) is 0 Å². The molecule has 3 aromatic rings. The zero-order valence-electron chi connectivity index (χ0n) is 14.1. The van der Waals surface area contributed by atoms with Gasteiger partial charge in [0.05, 0.1) is 12.5 Å². The maximum absolute atomic E-state index is 12.8. The summed E-state index contributed by atoms with van der Waals surface area (Å²) < 4.78 is 0. The molecule has 0 bridgehead atoms. The van der Waals surface area contributed by atoms with Crippen molar-refractivity contribution in [2.24, 2.45) is 0 Å². The molecule has 126 valence electrons. The summed E-state index contributed by atoms with van der Waals surface area (Å²) in [6.07, 6.45) is 2.66. The van der Waals surface area contributed by atoms with E-state index in [1.165, 1.54) is 16.0 Å². The third kappa shape index (κ3) is 3.52. The molecule has 0 aliphatic carbocycles. The minimum Gasteiger partial charge on any atom is -0.335 e. The van der Waals surface area contributed by atoms with Crippen LogP contribution in [0.2, 0.25) is 0 Å². The Labute approximate surface area is 152 Å². The van der Waals surface area contributed by atoms with Gasteiger partial charge in [0.2, 0.25) is 5.91 Å². The minimum atomic E-state index is 0.239. The van der Waals surface area contributed by atoms with Crippen LogP contribution in [0.15, 0.2) is 72.1 Å². The fraction of sp³-hybridized carbons (Fsp3) is 0.227. The second-order valence-electron chi connectivity index (χ2n) is 6.50. The normalized spacial score (nSPS) is 17.0. The first-order valence-corrected chi connectivity index (χ1v) is 9.66. The Morgan fingerprint density at radius 1 is 0.960 bits per heavy atom. The highest BCUT2D eigenvalue weighted by Crippen LogP contribution is 2.34. The van der Waals surface area contributed by atoms with E-state index in [2.05, 4.69) is 58.8 Å². The van der Waals surface area contributed by atoms with Crippen molar-refractivity contribution in [1.29, 1.82) is 0 Å². The summed E-state index contributed by atoms with van der Waals surface area (Å²) in [5.41, 5.74) is 3.48. The molecule has 1 aromatic heterocycles. The Kier molecular flexibility index (Phi) is 4.66. The lowest BCUT2D eigenvalue weighted by atomic mass is 10.0. The van der Waals surface area contributed by atoms with Gasteiger partial charge in [-0.15, -0.1) is 11.3 Å². The highest BCUT2D eigenvalue weighted by atomic mass is 32.1. The second kappa shape index (κ2) is 7.24. The molecule has 3 heteroatoms. The Morgan fingerprint density at radius 2 is 1.72 bits per heavy atom. The zero-order chi connectivity index (χ0) is 17.1. The molecule has 1 aliphatic rings. The van der Waals surface area contributed by atoms with Crippen molar-refractivity contribution < 1.29 is 4.79 Å². The van der Waals surface area contributed by atoms with Gasteiger partial charge < -0.3 is 4.90 Å². The number of rotatable bonds is 4. The van der Waals surface area contributed by atoms with Crippen molar-refractivity contribution in [2.45, 2.75) is 25.3 Å². The molecule has 1 unspecified atom stereocenters. The molecule has 0 N–H and O–H groups in total.